The third-order valence-corrected chi connectivity index (χ3v) is 4.23. The normalized spacial score (nSPS) is 16.9. The van der Waals surface area contributed by atoms with Crippen molar-refractivity contribution in [2.24, 2.45) is 5.92 Å². The summed E-state index contributed by atoms with van der Waals surface area (Å²) in [6.07, 6.45) is 5.79. The van der Waals surface area contributed by atoms with Crippen LogP contribution in [0.1, 0.15) is 36.1 Å². The van der Waals surface area contributed by atoms with E-state index in [0.717, 1.165) is 12.5 Å². The Hall–Kier alpha value is -0.340. The SMILES string of the molecule is Cc1ccsc1CNCCC1CCC1. The lowest BCUT2D eigenvalue weighted by atomic mass is 9.83. The summed E-state index contributed by atoms with van der Waals surface area (Å²) in [5, 5.41) is 5.72. The predicted octanol–water partition coefficient (Wildman–Crippen LogP) is 3.34. The zero-order chi connectivity index (χ0) is 9.80. The van der Waals surface area contributed by atoms with E-state index >= 15 is 0 Å². The molecule has 1 heterocycles. The zero-order valence-electron chi connectivity index (χ0n) is 8.88. The highest BCUT2D eigenvalue weighted by Crippen LogP contribution is 2.28. The monoisotopic (exact) mass is 209 g/mol. The number of rotatable bonds is 5. The quantitative estimate of drug-likeness (QED) is 0.733. The van der Waals surface area contributed by atoms with Crippen molar-refractivity contribution in [1.82, 2.24) is 5.32 Å². The van der Waals surface area contributed by atoms with Gasteiger partial charge in [-0.25, -0.2) is 0 Å². The van der Waals surface area contributed by atoms with Crippen molar-refractivity contribution in [1.29, 1.82) is 0 Å². The summed E-state index contributed by atoms with van der Waals surface area (Å²) in [5.41, 5.74) is 1.44. The Morgan fingerprint density at radius 3 is 2.93 bits per heavy atom. The van der Waals surface area contributed by atoms with E-state index < -0.39 is 0 Å². The zero-order valence-corrected chi connectivity index (χ0v) is 9.70. The lowest BCUT2D eigenvalue weighted by Gasteiger charge is -2.25. The highest BCUT2D eigenvalue weighted by Gasteiger charge is 2.16. The van der Waals surface area contributed by atoms with E-state index in [1.165, 1.54) is 42.7 Å². The molecule has 1 saturated carbocycles. The van der Waals surface area contributed by atoms with Crippen molar-refractivity contribution in [2.75, 3.05) is 6.54 Å². The van der Waals surface area contributed by atoms with Gasteiger partial charge >= 0.3 is 0 Å². The highest BCUT2D eigenvalue weighted by atomic mass is 32.1. The summed E-state index contributed by atoms with van der Waals surface area (Å²) in [4.78, 5) is 1.50. The first-order valence-corrected chi connectivity index (χ1v) is 6.48. The molecule has 0 aromatic carbocycles. The van der Waals surface area contributed by atoms with Crippen molar-refractivity contribution in [3.8, 4) is 0 Å². The smallest absolute Gasteiger partial charge is 0.0302 e. The van der Waals surface area contributed by atoms with Crippen LogP contribution < -0.4 is 5.32 Å². The van der Waals surface area contributed by atoms with Crippen molar-refractivity contribution < 1.29 is 0 Å². The highest BCUT2D eigenvalue weighted by molar-refractivity contribution is 7.10. The van der Waals surface area contributed by atoms with E-state index in [-0.39, 0.29) is 0 Å². The molecule has 0 amide bonds. The average Bonchev–Trinajstić information content (AvgIpc) is 2.48. The van der Waals surface area contributed by atoms with Gasteiger partial charge in [0.15, 0.2) is 0 Å². The molecule has 1 aromatic heterocycles. The summed E-state index contributed by atoms with van der Waals surface area (Å²) in [6, 6.07) is 2.20. The summed E-state index contributed by atoms with van der Waals surface area (Å²) in [7, 11) is 0. The fraction of sp³-hybridized carbons (Fsp3) is 0.667. The van der Waals surface area contributed by atoms with E-state index in [2.05, 4.69) is 23.7 Å². The molecule has 1 aliphatic carbocycles. The molecule has 1 nitrogen and oxygen atoms in total. The van der Waals surface area contributed by atoms with Gasteiger partial charge in [-0.1, -0.05) is 19.3 Å². The minimum absolute atomic E-state index is 1.03. The molecule has 0 atom stereocenters. The molecule has 1 aromatic rings. The van der Waals surface area contributed by atoms with Crippen LogP contribution in [-0.2, 0) is 6.54 Å². The van der Waals surface area contributed by atoms with Crippen LogP contribution in [0.5, 0.6) is 0 Å². The lowest BCUT2D eigenvalue weighted by molar-refractivity contribution is 0.292. The van der Waals surface area contributed by atoms with Gasteiger partial charge < -0.3 is 5.32 Å². The van der Waals surface area contributed by atoms with Crippen molar-refractivity contribution in [2.45, 2.75) is 39.2 Å². The van der Waals surface area contributed by atoms with Crippen LogP contribution in [-0.4, -0.2) is 6.54 Å². The average molecular weight is 209 g/mol. The summed E-state index contributed by atoms with van der Waals surface area (Å²) >= 11 is 1.87. The molecule has 2 rings (SSSR count). The fourth-order valence-corrected chi connectivity index (χ4v) is 2.75. The van der Waals surface area contributed by atoms with Crippen LogP contribution in [0.15, 0.2) is 11.4 Å². The molecule has 0 spiro atoms. The van der Waals surface area contributed by atoms with Crippen LogP contribution in [0, 0.1) is 12.8 Å². The molecule has 2 heteroatoms. The summed E-state index contributed by atoms with van der Waals surface area (Å²) < 4.78 is 0. The fourth-order valence-electron chi connectivity index (χ4n) is 1.87. The summed E-state index contributed by atoms with van der Waals surface area (Å²) in [5.74, 6) is 1.03. The van der Waals surface area contributed by atoms with Gasteiger partial charge in [0.05, 0.1) is 0 Å². The number of hydrogen-bond donors (Lipinski definition) is 1. The van der Waals surface area contributed by atoms with Crippen LogP contribution in [0.3, 0.4) is 0 Å². The van der Waals surface area contributed by atoms with Crippen molar-refractivity contribution in [3.05, 3.63) is 21.9 Å². The Morgan fingerprint density at radius 1 is 1.50 bits per heavy atom. The van der Waals surface area contributed by atoms with Crippen LogP contribution in [0.25, 0.3) is 0 Å². The van der Waals surface area contributed by atoms with E-state index in [9.17, 15) is 0 Å². The second-order valence-corrected chi connectivity index (χ2v) is 5.29. The Morgan fingerprint density at radius 2 is 2.36 bits per heavy atom. The first-order chi connectivity index (χ1) is 6.86. The second-order valence-electron chi connectivity index (χ2n) is 4.29. The van der Waals surface area contributed by atoms with E-state index in [0.29, 0.717) is 0 Å². The molecular weight excluding hydrogens is 190 g/mol. The third kappa shape index (κ3) is 2.58. The third-order valence-electron chi connectivity index (χ3n) is 3.21. The minimum Gasteiger partial charge on any atom is -0.312 e. The topological polar surface area (TPSA) is 12.0 Å². The van der Waals surface area contributed by atoms with Crippen molar-refractivity contribution >= 4 is 11.3 Å². The Bertz CT molecular complexity index is 276. The van der Waals surface area contributed by atoms with Crippen LogP contribution >= 0.6 is 11.3 Å². The molecule has 14 heavy (non-hydrogen) atoms. The van der Waals surface area contributed by atoms with Gasteiger partial charge in [-0.3, -0.25) is 0 Å². The van der Waals surface area contributed by atoms with Gasteiger partial charge in [0.2, 0.25) is 0 Å². The minimum atomic E-state index is 1.03. The maximum atomic E-state index is 3.54. The van der Waals surface area contributed by atoms with Gasteiger partial charge in [0, 0.05) is 11.4 Å². The number of aryl methyl sites for hydroxylation is 1. The molecule has 0 saturated heterocycles. The number of thiophene rings is 1. The maximum absolute atomic E-state index is 3.54. The van der Waals surface area contributed by atoms with Gasteiger partial charge in [0.25, 0.3) is 0 Å². The van der Waals surface area contributed by atoms with Gasteiger partial charge in [-0.15, -0.1) is 11.3 Å². The van der Waals surface area contributed by atoms with E-state index in [1.54, 1.807) is 0 Å². The Balaban J connectivity index is 1.60. The van der Waals surface area contributed by atoms with Gasteiger partial charge in [-0.05, 0) is 42.8 Å². The molecule has 0 bridgehead atoms. The largest absolute Gasteiger partial charge is 0.312 e. The summed E-state index contributed by atoms with van der Waals surface area (Å²) in [6.45, 7) is 4.46. The Kier molecular flexibility index (Phi) is 3.60. The van der Waals surface area contributed by atoms with Crippen LogP contribution in [0.4, 0.5) is 0 Å². The van der Waals surface area contributed by atoms with Crippen molar-refractivity contribution in [3.63, 3.8) is 0 Å². The molecule has 78 valence electrons. The number of nitrogens with one attached hydrogen (secondary N) is 1. The lowest BCUT2D eigenvalue weighted by Crippen LogP contribution is -2.20. The molecule has 0 unspecified atom stereocenters. The van der Waals surface area contributed by atoms with Crippen LogP contribution in [0.2, 0.25) is 0 Å². The van der Waals surface area contributed by atoms with Gasteiger partial charge in [-0.2, -0.15) is 0 Å². The maximum Gasteiger partial charge on any atom is 0.0302 e. The molecule has 1 aliphatic rings. The number of hydrogen-bond acceptors (Lipinski definition) is 2. The molecular formula is C12H19NS. The molecule has 1 fully saturated rings. The molecule has 0 aliphatic heterocycles. The standard InChI is InChI=1S/C12H19NS/c1-10-6-8-14-12(10)9-13-7-5-11-3-2-4-11/h6,8,11,13H,2-5,7,9H2,1H3. The predicted molar refractivity (Wildman–Crippen MR) is 62.7 cm³/mol. The van der Waals surface area contributed by atoms with Gasteiger partial charge in [0.1, 0.15) is 0 Å². The van der Waals surface area contributed by atoms with E-state index in [4.69, 9.17) is 0 Å². The first-order valence-electron chi connectivity index (χ1n) is 5.60. The molecule has 0 radical (unpaired) electrons. The molecule has 1 N–H and O–H groups in total. The Labute approximate surface area is 90.5 Å². The second kappa shape index (κ2) is 4.94. The van der Waals surface area contributed by atoms with E-state index in [1.807, 2.05) is 11.3 Å². The first kappa shape index (κ1) is 10.2.